The molecule has 0 radical (unpaired) electrons. The Hall–Kier alpha value is -0.690. The Balaban J connectivity index is 1.86. The third kappa shape index (κ3) is 64.7. The van der Waals surface area contributed by atoms with Crippen LogP contribution in [0.3, 0.4) is 0 Å². The van der Waals surface area contributed by atoms with Gasteiger partial charge in [0, 0.05) is 7.11 Å². The third-order valence-corrected chi connectivity index (χ3v) is 22.7. The highest BCUT2D eigenvalue weighted by Crippen LogP contribution is 2.46. The first-order valence-corrected chi connectivity index (χ1v) is 44.0. The highest BCUT2D eigenvalue weighted by Gasteiger charge is 2.35. The molecule has 0 saturated heterocycles. The minimum atomic E-state index is -1.07. The van der Waals surface area contributed by atoms with Crippen LogP contribution in [0.2, 0.25) is 0 Å². The van der Waals surface area contributed by atoms with Crippen molar-refractivity contribution < 1.29 is 29.6 Å². The molecule has 0 amide bonds. The summed E-state index contributed by atoms with van der Waals surface area (Å²) in [5, 5.41) is 30.1. The van der Waals surface area contributed by atoms with E-state index >= 15 is 0 Å². The van der Waals surface area contributed by atoms with Gasteiger partial charge in [0.1, 0.15) is 12.7 Å². The molecule has 0 aromatic heterocycles. The molecule has 1 fully saturated rings. The monoisotopic (exact) mass is 1330 g/mol. The number of aliphatic hydroxyl groups excluding tert-OH is 3. The molecule has 0 aromatic carbocycles. The molecule has 1 rings (SSSR count). The lowest BCUT2D eigenvalue weighted by molar-refractivity contribution is -0.156. The molecule has 3 N–H and O–H groups in total. The summed E-state index contributed by atoms with van der Waals surface area (Å²) in [5.74, 6) is 1.87. The quantitative estimate of drug-likeness (QED) is 0.0415. The number of hydrogen-bond donors (Lipinski definition) is 3. The van der Waals surface area contributed by atoms with Crippen LogP contribution in [0.25, 0.3) is 0 Å². The molecular weight excluding hydrogens is 1150 g/mol. The molecule has 6 heteroatoms. The third-order valence-electron chi connectivity index (χ3n) is 22.7. The molecule has 1 aliphatic rings. The molecule has 7 unspecified atom stereocenters. The Labute approximate surface area is 590 Å². The van der Waals surface area contributed by atoms with Crippen molar-refractivity contribution in [2.24, 2.45) is 23.7 Å². The van der Waals surface area contributed by atoms with Crippen LogP contribution in [0.5, 0.6) is 0 Å². The van der Waals surface area contributed by atoms with Crippen LogP contribution in [-0.2, 0) is 14.3 Å². The number of ether oxygens (including phenoxy) is 2. The van der Waals surface area contributed by atoms with Crippen LogP contribution >= 0.6 is 0 Å². The van der Waals surface area contributed by atoms with E-state index in [4.69, 9.17) is 9.47 Å². The molecule has 0 aromatic rings. The second kappa shape index (κ2) is 75.0. The van der Waals surface area contributed by atoms with Gasteiger partial charge in [0.25, 0.3) is 0 Å². The Morgan fingerprint density at radius 3 is 0.830 bits per heavy atom. The van der Waals surface area contributed by atoms with Crippen LogP contribution in [0.1, 0.15) is 496 Å². The van der Waals surface area contributed by atoms with Crippen molar-refractivity contribution in [3.8, 4) is 0 Å². The van der Waals surface area contributed by atoms with E-state index in [0.29, 0.717) is 24.9 Å². The molecule has 0 aliphatic heterocycles. The van der Waals surface area contributed by atoms with Crippen molar-refractivity contribution in [2.75, 3.05) is 20.3 Å². The van der Waals surface area contributed by atoms with E-state index in [1.807, 2.05) is 7.11 Å². The zero-order chi connectivity index (χ0) is 67.8. The number of carbonyl (C=O) groups excluding carboxylic acids is 1. The first-order valence-electron chi connectivity index (χ1n) is 44.0. The second-order valence-corrected chi connectivity index (χ2v) is 31.9. The number of rotatable bonds is 82. The summed E-state index contributed by atoms with van der Waals surface area (Å²) in [6.07, 6.45) is 100. The number of esters is 1. The molecule has 562 valence electrons. The predicted octanol–water partition coefficient (Wildman–Crippen LogP) is 28.7. The summed E-state index contributed by atoms with van der Waals surface area (Å²) in [7, 11) is 1.95. The topological polar surface area (TPSA) is 96.2 Å². The van der Waals surface area contributed by atoms with E-state index in [1.165, 1.54) is 437 Å². The van der Waals surface area contributed by atoms with Gasteiger partial charge < -0.3 is 24.8 Å². The Morgan fingerprint density at radius 1 is 0.330 bits per heavy atom. The van der Waals surface area contributed by atoms with E-state index in [0.717, 1.165) is 37.5 Å². The van der Waals surface area contributed by atoms with Crippen LogP contribution in [-0.4, -0.2) is 59.9 Å². The summed E-state index contributed by atoms with van der Waals surface area (Å²) in [6.45, 7) is 6.41. The first-order chi connectivity index (χ1) is 46.4. The fourth-order valence-electron chi connectivity index (χ4n) is 15.8. The smallest absolute Gasteiger partial charge is 0.311 e. The van der Waals surface area contributed by atoms with Gasteiger partial charge in [-0.15, -0.1) is 0 Å². The highest BCUT2D eigenvalue weighted by atomic mass is 16.5. The van der Waals surface area contributed by atoms with Gasteiger partial charge in [-0.2, -0.15) is 0 Å². The second-order valence-electron chi connectivity index (χ2n) is 31.9. The minimum Gasteiger partial charge on any atom is -0.463 e. The maximum absolute atomic E-state index is 13.0. The standard InChI is InChI=1S/C88H174O6/c1-5-7-9-11-13-15-17-19-21-23-24-25-26-27-30-34-38-45-51-57-63-69-75-85(88(92)94-80-84(90)79-89)86(91)76-70-64-58-52-46-41-40-44-50-56-62-68-74-83-78-82(83)73-67-61-55-49-43-37-33-29-28-31-35-39-47-53-59-65-71-77-87(93-4)81(3)72-66-60-54-48-42-36-32-22-20-18-16-14-12-10-8-6-2/h81-87,89-91H,5-80H2,1-4H3. The van der Waals surface area contributed by atoms with Crippen molar-refractivity contribution in [1.29, 1.82) is 0 Å². The fraction of sp³-hybridized carbons (Fsp3) is 0.989. The molecule has 0 heterocycles. The molecule has 1 aliphatic carbocycles. The normalized spacial score (nSPS) is 15.6. The van der Waals surface area contributed by atoms with E-state index in [2.05, 4.69) is 20.8 Å². The Kier molecular flexibility index (Phi) is 72.8. The summed E-state index contributed by atoms with van der Waals surface area (Å²) < 4.78 is 11.4. The van der Waals surface area contributed by atoms with E-state index in [-0.39, 0.29) is 6.61 Å². The van der Waals surface area contributed by atoms with Crippen LogP contribution in [0.4, 0.5) is 0 Å². The van der Waals surface area contributed by atoms with Gasteiger partial charge in [-0.3, -0.25) is 4.79 Å². The van der Waals surface area contributed by atoms with Gasteiger partial charge in [0.15, 0.2) is 0 Å². The molecule has 0 spiro atoms. The van der Waals surface area contributed by atoms with Gasteiger partial charge in [-0.1, -0.05) is 464 Å². The van der Waals surface area contributed by atoms with Crippen molar-refractivity contribution >= 4 is 5.97 Å². The van der Waals surface area contributed by atoms with Crippen LogP contribution in [0, 0.1) is 23.7 Å². The van der Waals surface area contributed by atoms with Crippen LogP contribution < -0.4 is 0 Å². The lowest BCUT2D eigenvalue weighted by Gasteiger charge is -2.22. The molecule has 7 atom stereocenters. The average molecular weight is 1330 g/mol. The molecule has 94 heavy (non-hydrogen) atoms. The number of hydrogen-bond acceptors (Lipinski definition) is 6. The lowest BCUT2D eigenvalue weighted by Crippen LogP contribution is -2.32. The molecule has 0 bridgehead atoms. The molecule has 6 nitrogen and oxygen atoms in total. The maximum atomic E-state index is 13.0. The summed E-state index contributed by atoms with van der Waals surface area (Å²) >= 11 is 0. The van der Waals surface area contributed by atoms with Crippen molar-refractivity contribution in [3.63, 3.8) is 0 Å². The fourth-order valence-corrected chi connectivity index (χ4v) is 15.8. The van der Waals surface area contributed by atoms with E-state index in [1.54, 1.807) is 0 Å². The zero-order valence-corrected chi connectivity index (χ0v) is 64.8. The number of carbonyl (C=O) groups is 1. The van der Waals surface area contributed by atoms with Crippen molar-refractivity contribution in [3.05, 3.63) is 0 Å². The Bertz CT molecular complexity index is 1440. The highest BCUT2D eigenvalue weighted by molar-refractivity contribution is 5.73. The summed E-state index contributed by atoms with van der Waals surface area (Å²) in [6, 6.07) is 0. The van der Waals surface area contributed by atoms with Gasteiger partial charge in [-0.05, 0) is 49.9 Å². The van der Waals surface area contributed by atoms with Gasteiger partial charge in [0.2, 0.25) is 0 Å². The van der Waals surface area contributed by atoms with Gasteiger partial charge in [-0.25, -0.2) is 0 Å². The maximum Gasteiger partial charge on any atom is 0.311 e. The van der Waals surface area contributed by atoms with Gasteiger partial charge >= 0.3 is 5.97 Å². The number of unbranched alkanes of at least 4 members (excludes halogenated alkanes) is 63. The minimum absolute atomic E-state index is 0.211. The van der Waals surface area contributed by atoms with E-state index in [9.17, 15) is 20.1 Å². The molecular formula is C88H174O6. The van der Waals surface area contributed by atoms with Gasteiger partial charge in [0.05, 0.1) is 24.7 Å². The predicted molar refractivity (Wildman–Crippen MR) is 413 cm³/mol. The van der Waals surface area contributed by atoms with Crippen LogP contribution in [0.15, 0.2) is 0 Å². The summed E-state index contributed by atoms with van der Waals surface area (Å²) in [5.41, 5.74) is 0. The number of aliphatic hydroxyl groups is 3. The Morgan fingerprint density at radius 2 is 0.564 bits per heavy atom. The summed E-state index contributed by atoms with van der Waals surface area (Å²) in [4.78, 5) is 13.0. The lowest BCUT2D eigenvalue weighted by atomic mass is 9.91. The first kappa shape index (κ1) is 91.3. The number of methoxy groups -OCH3 is 1. The molecule has 1 saturated carbocycles. The van der Waals surface area contributed by atoms with E-state index < -0.39 is 30.7 Å². The SMILES string of the molecule is CCCCCCCCCCCCCCCCCCCCCCCCC(C(=O)OCC(O)CO)C(O)CCCCCCCCCCCCCCC1CC1CCCCCCCCCCCCCCCCCCCC(OC)C(C)CCCCCCCCCCCCCCCCCC. The van der Waals surface area contributed by atoms with Crippen molar-refractivity contribution in [2.45, 2.75) is 514 Å². The van der Waals surface area contributed by atoms with Crippen molar-refractivity contribution in [1.82, 2.24) is 0 Å². The zero-order valence-electron chi connectivity index (χ0n) is 64.8. The largest absolute Gasteiger partial charge is 0.463 e. The average Bonchev–Trinajstić information content (AvgIpc) is 1.74.